The van der Waals surface area contributed by atoms with Crippen LogP contribution in [0.2, 0.25) is 0 Å². The summed E-state index contributed by atoms with van der Waals surface area (Å²) in [5, 5.41) is 3.54. The Morgan fingerprint density at radius 3 is 2.42 bits per heavy atom. The molecule has 112 valence electrons. The van der Waals surface area contributed by atoms with Crippen LogP contribution < -0.4 is 5.32 Å². The van der Waals surface area contributed by atoms with Crippen LogP contribution in [-0.2, 0) is 0 Å². The molecule has 0 radical (unpaired) electrons. The van der Waals surface area contributed by atoms with Crippen molar-refractivity contribution in [1.82, 2.24) is 10.2 Å². The average Bonchev–Trinajstić information content (AvgIpc) is 2.53. The molecule has 1 aliphatic carbocycles. The number of rotatable bonds is 4. The van der Waals surface area contributed by atoms with E-state index in [0.717, 1.165) is 24.4 Å². The molecule has 1 saturated heterocycles. The van der Waals surface area contributed by atoms with E-state index in [9.17, 15) is 0 Å². The second kappa shape index (κ2) is 6.58. The maximum Gasteiger partial charge on any atom is 0.0136 e. The Hall–Kier alpha value is -0.0800. The Kier molecular flexibility index (Phi) is 5.30. The molecule has 3 unspecified atom stereocenters. The SMILES string of the molecule is CCNCC1CCC1N1CCCC(C(C)(C)C)CC1. The minimum Gasteiger partial charge on any atom is -0.317 e. The average molecular weight is 266 g/mol. The van der Waals surface area contributed by atoms with Crippen molar-refractivity contribution < 1.29 is 0 Å². The van der Waals surface area contributed by atoms with Crippen LogP contribution in [0.15, 0.2) is 0 Å². The van der Waals surface area contributed by atoms with E-state index < -0.39 is 0 Å². The molecule has 3 atom stereocenters. The van der Waals surface area contributed by atoms with Crippen molar-refractivity contribution in [1.29, 1.82) is 0 Å². The lowest BCUT2D eigenvalue weighted by atomic mass is 9.76. The first-order chi connectivity index (χ1) is 9.02. The van der Waals surface area contributed by atoms with Gasteiger partial charge in [0.25, 0.3) is 0 Å². The molecular weight excluding hydrogens is 232 g/mol. The van der Waals surface area contributed by atoms with Crippen molar-refractivity contribution >= 4 is 0 Å². The summed E-state index contributed by atoms with van der Waals surface area (Å²) >= 11 is 0. The summed E-state index contributed by atoms with van der Waals surface area (Å²) in [6, 6.07) is 0.887. The lowest BCUT2D eigenvalue weighted by molar-refractivity contribution is 0.0622. The molecule has 1 saturated carbocycles. The van der Waals surface area contributed by atoms with Gasteiger partial charge in [-0.05, 0) is 75.5 Å². The molecule has 2 heteroatoms. The summed E-state index contributed by atoms with van der Waals surface area (Å²) in [7, 11) is 0. The van der Waals surface area contributed by atoms with Gasteiger partial charge in [0.1, 0.15) is 0 Å². The fraction of sp³-hybridized carbons (Fsp3) is 1.00. The van der Waals surface area contributed by atoms with Gasteiger partial charge in [0, 0.05) is 6.04 Å². The Morgan fingerprint density at radius 2 is 1.84 bits per heavy atom. The summed E-state index contributed by atoms with van der Waals surface area (Å²) in [5.41, 5.74) is 0.499. The van der Waals surface area contributed by atoms with E-state index >= 15 is 0 Å². The van der Waals surface area contributed by atoms with Crippen molar-refractivity contribution in [3.05, 3.63) is 0 Å². The number of hydrogen-bond donors (Lipinski definition) is 1. The van der Waals surface area contributed by atoms with Crippen molar-refractivity contribution in [3.8, 4) is 0 Å². The highest BCUT2D eigenvalue weighted by atomic mass is 15.2. The van der Waals surface area contributed by atoms with E-state index in [2.05, 4.69) is 37.9 Å². The molecule has 2 aliphatic rings. The highest BCUT2D eigenvalue weighted by molar-refractivity contribution is 4.91. The second-order valence-corrected chi connectivity index (χ2v) is 7.74. The van der Waals surface area contributed by atoms with Gasteiger partial charge in [-0.3, -0.25) is 0 Å². The molecule has 0 aromatic heterocycles. The fourth-order valence-electron chi connectivity index (χ4n) is 3.92. The van der Waals surface area contributed by atoms with Crippen LogP contribution in [-0.4, -0.2) is 37.1 Å². The summed E-state index contributed by atoms with van der Waals surface area (Å²) in [4.78, 5) is 2.82. The molecule has 1 aliphatic heterocycles. The molecule has 0 aromatic rings. The monoisotopic (exact) mass is 266 g/mol. The molecule has 2 nitrogen and oxygen atoms in total. The molecule has 0 spiro atoms. The third kappa shape index (κ3) is 3.95. The van der Waals surface area contributed by atoms with Gasteiger partial charge in [0.2, 0.25) is 0 Å². The topological polar surface area (TPSA) is 15.3 Å². The van der Waals surface area contributed by atoms with Gasteiger partial charge < -0.3 is 10.2 Å². The van der Waals surface area contributed by atoms with Gasteiger partial charge in [0.05, 0.1) is 0 Å². The van der Waals surface area contributed by atoms with E-state index in [1.165, 1.54) is 51.7 Å². The first kappa shape index (κ1) is 15.3. The van der Waals surface area contributed by atoms with Crippen molar-refractivity contribution in [3.63, 3.8) is 0 Å². The lowest BCUT2D eigenvalue weighted by Gasteiger charge is -2.44. The summed E-state index contributed by atoms with van der Waals surface area (Å²) < 4.78 is 0. The summed E-state index contributed by atoms with van der Waals surface area (Å²) in [5.74, 6) is 1.84. The van der Waals surface area contributed by atoms with Crippen LogP contribution >= 0.6 is 0 Å². The first-order valence-corrected chi connectivity index (χ1v) is 8.47. The van der Waals surface area contributed by atoms with Crippen molar-refractivity contribution in [2.75, 3.05) is 26.2 Å². The Labute approximate surface area is 120 Å². The van der Waals surface area contributed by atoms with Gasteiger partial charge in [-0.1, -0.05) is 27.7 Å². The van der Waals surface area contributed by atoms with Crippen molar-refractivity contribution in [2.45, 2.75) is 65.8 Å². The fourth-order valence-corrected chi connectivity index (χ4v) is 3.92. The van der Waals surface area contributed by atoms with Crippen molar-refractivity contribution in [2.24, 2.45) is 17.3 Å². The highest BCUT2D eigenvalue weighted by Crippen LogP contribution is 2.38. The number of nitrogens with zero attached hydrogens (tertiary/aromatic N) is 1. The zero-order valence-electron chi connectivity index (χ0n) is 13.5. The Balaban J connectivity index is 1.82. The van der Waals surface area contributed by atoms with Crippen LogP contribution in [0.3, 0.4) is 0 Å². The lowest BCUT2D eigenvalue weighted by Crippen LogP contribution is -2.50. The van der Waals surface area contributed by atoms with Gasteiger partial charge in [-0.2, -0.15) is 0 Å². The van der Waals surface area contributed by atoms with Crippen LogP contribution in [0, 0.1) is 17.3 Å². The van der Waals surface area contributed by atoms with Crippen LogP contribution in [0.25, 0.3) is 0 Å². The zero-order valence-corrected chi connectivity index (χ0v) is 13.5. The highest BCUT2D eigenvalue weighted by Gasteiger charge is 2.36. The van der Waals surface area contributed by atoms with E-state index in [4.69, 9.17) is 0 Å². The van der Waals surface area contributed by atoms with Crippen LogP contribution in [0.1, 0.15) is 59.8 Å². The van der Waals surface area contributed by atoms with Crippen LogP contribution in [0.5, 0.6) is 0 Å². The summed E-state index contributed by atoms with van der Waals surface area (Å²) in [6.07, 6.45) is 7.14. The summed E-state index contributed by atoms with van der Waals surface area (Å²) in [6.45, 7) is 14.5. The molecular formula is C17H34N2. The van der Waals surface area contributed by atoms with E-state index in [-0.39, 0.29) is 0 Å². The predicted molar refractivity (Wildman–Crippen MR) is 83.4 cm³/mol. The number of hydrogen-bond acceptors (Lipinski definition) is 2. The van der Waals surface area contributed by atoms with E-state index in [1.807, 2.05) is 0 Å². The largest absolute Gasteiger partial charge is 0.317 e. The smallest absolute Gasteiger partial charge is 0.0136 e. The molecule has 2 fully saturated rings. The molecule has 2 rings (SSSR count). The number of likely N-dealkylation sites (tertiary alicyclic amines) is 1. The normalized spacial score (nSPS) is 33.8. The van der Waals surface area contributed by atoms with Gasteiger partial charge in [0.15, 0.2) is 0 Å². The minimum absolute atomic E-state index is 0.499. The predicted octanol–water partition coefficient (Wildman–Crippen LogP) is 3.52. The minimum atomic E-state index is 0.499. The molecule has 1 heterocycles. The molecule has 19 heavy (non-hydrogen) atoms. The second-order valence-electron chi connectivity index (χ2n) is 7.74. The van der Waals surface area contributed by atoms with E-state index in [0.29, 0.717) is 5.41 Å². The van der Waals surface area contributed by atoms with Gasteiger partial charge in [-0.25, -0.2) is 0 Å². The van der Waals surface area contributed by atoms with Crippen LogP contribution in [0.4, 0.5) is 0 Å². The zero-order chi connectivity index (χ0) is 13.9. The molecule has 1 N–H and O–H groups in total. The maximum atomic E-state index is 3.54. The third-order valence-electron chi connectivity index (χ3n) is 5.49. The quantitative estimate of drug-likeness (QED) is 0.837. The first-order valence-electron chi connectivity index (χ1n) is 8.47. The molecule has 0 bridgehead atoms. The standard InChI is InChI=1S/C17H34N2/c1-5-18-13-14-8-9-16(14)19-11-6-7-15(10-12-19)17(2,3)4/h14-16,18H,5-13H2,1-4H3. The van der Waals surface area contributed by atoms with Gasteiger partial charge >= 0.3 is 0 Å². The maximum absolute atomic E-state index is 3.54. The third-order valence-corrected chi connectivity index (χ3v) is 5.49. The molecule has 0 amide bonds. The number of nitrogens with one attached hydrogen (secondary N) is 1. The Bertz CT molecular complexity index is 269. The Morgan fingerprint density at radius 1 is 1.05 bits per heavy atom. The van der Waals surface area contributed by atoms with Gasteiger partial charge in [-0.15, -0.1) is 0 Å². The molecule has 0 aromatic carbocycles. The van der Waals surface area contributed by atoms with E-state index in [1.54, 1.807) is 0 Å².